The largest absolute Gasteiger partial charge is 0.469 e. The van der Waals surface area contributed by atoms with Gasteiger partial charge in [0, 0.05) is 12.8 Å². The smallest absolute Gasteiger partial charge is 0.462 e. The number of esters is 2. The highest BCUT2D eigenvalue weighted by atomic mass is 31.2. The minimum absolute atomic E-state index is 0.177. The molecule has 3 N–H and O–H groups in total. The van der Waals surface area contributed by atoms with Crippen LogP contribution in [0.25, 0.3) is 0 Å². The van der Waals surface area contributed by atoms with Crippen molar-refractivity contribution in [2.45, 2.75) is 174 Å². The van der Waals surface area contributed by atoms with Crippen LogP contribution in [0.4, 0.5) is 0 Å². The van der Waals surface area contributed by atoms with E-state index in [0.29, 0.717) is 25.7 Å². The fourth-order valence-corrected chi connectivity index (χ4v) is 5.45. The van der Waals surface area contributed by atoms with Gasteiger partial charge < -0.3 is 24.4 Å². The number of allylic oxidation sites excluding steroid dienone is 7. The third-order valence-electron chi connectivity index (χ3n) is 7.91. The normalized spacial score (nSPS) is 13.7. The van der Waals surface area contributed by atoms with E-state index >= 15 is 0 Å². The molecular weight excluding hydrogens is 643 g/mol. The zero-order valence-corrected chi connectivity index (χ0v) is 31.6. The molecule has 0 saturated heterocycles. The number of hydrogen-bond acceptors (Lipinski definition) is 7. The number of rotatable bonds is 34. The van der Waals surface area contributed by atoms with Gasteiger partial charge in [0.2, 0.25) is 0 Å². The molecular formula is C39H69O9P. The zero-order chi connectivity index (χ0) is 36.3. The predicted molar refractivity (Wildman–Crippen MR) is 199 cm³/mol. The molecule has 9 nitrogen and oxygen atoms in total. The van der Waals surface area contributed by atoms with E-state index in [0.717, 1.165) is 51.4 Å². The monoisotopic (exact) mass is 712 g/mol. The lowest BCUT2D eigenvalue weighted by molar-refractivity contribution is -0.161. The van der Waals surface area contributed by atoms with Crippen LogP contribution in [0.5, 0.6) is 0 Å². The molecule has 284 valence electrons. The Morgan fingerprint density at radius 2 is 1.10 bits per heavy atom. The molecule has 49 heavy (non-hydrogen) atoms. The number of phosphoric acid groups is 1. The van der Waals surface area contributed by atoms with E-state index in [2.05, 4.69) is 48.8 Å². The number of aliphatic hydroxyl groups is 1. The van der Waals surface area contributed by atoms with Crippen LogP contribution >= 0.6 is 7.82 Å². The number of carbonyl (C=O) groups excluding carboxylic acids is 2. The number of ether oxygens (including phenoxy) is 2. The summed E-state index contributed by atoms with van der Waals surface area (Å²) in [4.78, 5) is 42.7. The Hall–Kier alpha value is -2.03. The number of hydrogen-bond donors (Lipinski definition) is 3. The van der Waals surface area contributed by atoms with E-state index in [1.165, 1.54) is 57.8 Å². The average Bonchev–Trinajstić information content (AvgIpc) is 3.06. The number of carbonyl (C=O) groups is 2. The molecule has 0 aromatic heterocycles. The van der Waals surface area contributed by atoms with Crippen LogP contribution in [-0.2, 0) is 28.2 Å². The number of phosphoric ester groups is 1. The molecule has 0 fully saturated rings. The van der Waals surface area contributed by atoms with Crippen molar-refractivity contribution in [1.29, 1.82) is 0 Å². The summed E-state index contributed by atoms with van der Waals surface area (Å²) in [6, 6.07) is 0. The maximum atomic E-state index is 12.3. The van der Waals surface area contributed by atoms with E-state index in [1.807, 2.05) is 18.2 Å². The molecule has 0 aliphatic rings. The van der Waals surface area contributed by atoms with Crippen molar-refractivity contribution in [1.82, 2.24) is 0 Å². The molecule has 1 unspecified atom stereocenters. The summed E-state index contributed by atoms with van der Waals surface area (Å²) in [6.07, 6.45) is 37.6. The van der Waals surface area contributed by atoms with E-state index in [9.17, 15) is 19.3 Å². The van der Waals surface area contributed by atoms with Crippen molar-refractivity contribution in [2.75, 3.05) is 13.2 Å². The van der Waals surface area contributed by atoms with Gasteiger partial charge in [0.15, 0.2) is 6.10 Å². The van der Waals surface area contributed by atoms with Crippen molar-refractivity contribution >= 4 is 19.8 Å². The van der Waals surface area contributed by atoms with Gasteiger partial charge in [-0.3, -0.25) is 14.1 Å². The van der Waals surface area contributed by atoms with Crippen LogP contribution in [0, 0.1) is 0 Å². The molecule has 2 atom stereocenters. The van der Waals surface area contributed by atoms with Crippen LogP contribution in [-0.4, -0.2) is 52.3 Å². The summed E-state index contributed by atoms with van der Waals surface area (Å²) in [7, 11) is -4.77. The SMILES string of the molecule is CCCCCCCCCCCCCCCC(=O)O[C@H](COC(=O)CCC/C=C\C/C=C\C/C=C\C/C=C\CC(O)CCC)COP(=O)(O)O. The molecule has 0 bridgehead atoms. The van der Waals surface area contributed by atoms with Crippen molar-refractivity contribution < 1.29 is 43.0 Å². The Balaban J connectivity index is 4.08. The Bertz CT molecular complexity index is 954. The second-order valence-electron chi connectivity index (χ2n) is 12.7. The average molecular weight is 713 g/mol. The summed E-state index contributed by atoms with van der Waals surface area (Å²) in [6.45, 7) is 3.42. The maximum Gasteiger partial charge on any atom is 0.469 e. The summed E-state index contributed by atoms with van der Waals surface area (Å²) in [5.41, 5.74) is 0. The number of aliphatic hydroxyl groups excluding tert-OH is 1. The minimum atomic E-state index is -4.77. The Morgan fingerprint density at radius 3 is 1.63 bits per heavy atom. The molecule has 0 amide bonds. The fraction of sp³-hybridized carbons (Fsp3) is 0.744. The van der Waals surface area contributed by atoms with Crippen LogP contribution in [0.2, 0.25) is 0 Å². The van der Waals surface area contributed by atoms with Gasteiger partial charge >= 0.3 is 19.8 Å². The summed E-state index contributed by atoms with van der Waals surface area (Å²) in [5.74, 6) is -0.971. The number of unbranched alkanes of at least 4 members (excludes halogenated alkanes) is 13. The van der Waals surface area contributed by atoms with Crippen molar-refractivity contribution in [2.24, 2.45) is 0 Å². The molecule has 0 aliphatic carbocycles. The summed E-state index contributed by atoms with van der Waals surface area (Å²) < 4.78 is 26.2. The van der Waals surface area contributed by atoms with Crippen molar-refractivity contribution in [3.8, 4) is 0 Å². The quantitative estimate of drug-likeness (QED) is 0.0257. The lowest BCUT2D eigenvalue weighted by Gasteiger charge is -2.18. The molecule has 0 rings (SSSR count). The topological polar surface area (TPSA) is 140 Å². The molecule has 0 heterocycles. The standard InChI is InChI=1S/C39H69O9P/c1-3-5-6-7-8-9-10-12-17-20-23-26-29-33-39(42)48-37(35-47-49(43,44)45)34-46-38(41)32-28-25-22-19-16-14-11-13-15-18-21-24-27-31-36(40)30-4-2/h11,14-15,18-19,22,24,27,36-37,40H,3-10,12-13,16-17,20-21,23,25-26,28-35H2,1-2H3,(H2,43,44,45)/b14-11-,18-15-,22-19-,27-24-/t36?,37-/m1/s1. The summed E-state index contributed by atoms with van der Waals surface area (Å²) >= 11 is 0. The van der Waals surface area contributed by atoms with E-state index < -0.39 is 32.5 Å². The highest BCUT2D eigenvalue weighted by molar-refractivity contribution is 7.46. The zero-order valence-electron chi connectivity index (χ0n) is 30.7. The van der Waals surface area contributed by atoms with Gasteiger partial charge in [-0.15, -0.1) is 0 Å². The van der Waals surface area contributed by atoms with Gasteiger partial charge in [-0.2, -0.15) is 0 Å². The highest BCUT2D eigenvalue weighted by Crippen LogP contribution is 2.36. The van der Waals surface area contributed by atoms with Crippen molar-refractivity contribution in [3.63, 3.8) is 0 Å². The third kappa shape index (κ3) is 37.1. The first-order valence-corrected chi connectivity index (χ1v) is 20.5. The highest BCUT2D eigenvalue weighted by Gasteiger charge is 2.22. The van der Waals surface area contributed by atoms with Crippen LogP contribution in [0.3, 0.4) is 0 Å². The van der Waals surface area contributed by atoms with Gasteiger partial charge in [0.25, 0.3) is 0 Å². The first-order valence-electron chi connectivity index (χ1n) is 19.0. The molecule has 0 saturated carbocycles. The summed E-state index contributed by atoms with van der Waals surface area (Å²) in [5, 5.41) is 9.69. The second kappa shape index (κ2) is 34.4. The predicted octanol–water partition coefficient (Wildman–Crippen LogP) is 10.1. The van der Waals surface area contributed by atoms with E-state index in [1.54, 1.807) is 0 Å². The first-order chi connectivity index (χ1) is 23.7. The Kier molecular flexibility index (Phi) is 33.0. The second-order valence-corrected chi connectivity index (χ2v) is 14.0. The first kappa shape index (κ1) is 47.0. The van der Waals surface area contributed by atoms with Crippen LogP contribution < -0.4 is 0 Å². The van der Waals surface area contributed by atoms with E-state index in [-0.39, 0.29) is 25.6 Å². The lowest BCUT2D eigenvalue weighted by Crippen LogP contribution is -2.29. The third-order valence-corrected chi connectivity index (χ3v) is 8.39. The molecule has 0 aromatic rings. The van der Waals surface area contributed by atoms with Crippen LogP contribution in [0.1, 0.15) is 162 Å². The molecule has 0 spiro atoms. The van der Waals surface area contributed by atoms with Gasteiger partial charge in [0.1, 0.15) is 6.61 Å². The van der Waals surface area contributed by atoms with Gasteiger partial charge in [-0.25, -0.2) is 4.57 Å². The van der Waals surface area contributed by atoms with Crippen molar-refractivity contribution in [3.05, 3.63) is 48.6 Å². The Labute approximate surface area is 297 Å². The molecule has 10 heteroatoms. The molecule has 0 radical (unpaired) electrons. The fourth-order valence-electron chi connectivity index (χ4n) is 5.09. The maximum absolute atomic E-state index is 12.3. The molecule has 0 aliphatic heterocycles. The van der Waals surface area contributed by atoms with Gasteiger partial charge in [0.05, 0.1) is 12.7 Å². The molecule has 0 aromatic carbocycles. The minimum Gasteiger partial charge on any atom is -0.462 e. The Morgan fingerprint density at radius 1 is 0.612 bits per heavy atom. The van der Waals surface area contributed by atoms with Gasteiger partial charge in [-0.05, 0) is 51.4 Å². The van der Waals surface area contributed by atoms with E-state index in [4.69, 9.17) is 19.3 Å². The van der Waals surface area contributed by atoms with Crippen LogP contribution in [0.15, 0.2) is 48.6 Å². The van der Waals surface area contributed by atoms with Gasteiger partial charge in [-0.1, -0.05) is 146 Å². The lowest BCUT2D eigenvalue weighted by atomic mass is 10.0.